The van der Waals surface area contributed by atoms with Gasteiger partial charge in [-0.25, -0.2) is 0 Å². The van der Waals surface area contributed by atoms with Crippen molar-refractivity contribution in [1.82, 2.24) is 4.57 Å². The monoisotopic (exact) mass is 316 g/mol. The molecule has 0 aromatic carbocycles. The van der Waals surface area contributed by atoms with E-state index in [0.29, 0.717) is 11.3 Å². The Morgan fingerprint density at radius 1 is 1.50 bits per heavy atom. The minimum absolute atomic E-state index is 0.0368. The maximum Gasteiger partial charge on any atom is 0.271 e. The summed E-state index contributed by atoms with van der Waals surface area (Å²) in [5.41, 5.74) is -0.367. The predicted molar refractivity (Wildman–Crippen MR) is 84.5 cm³/mol. The van der Waals surface area contributed by atoms with Crippen LogP contribution in [0.1, 0.15) is 46.1 Å². The largest absolute Gasteiger partial charge is 0.494 e. The minimum atomic E-state index is -0.548. The van der Waals surface area contributed by atoms with Gasteiger partial charge in [0, 0.05) is 6.54 Å². The Morgan fingerprint density at radius 2 is 2.23 bits per heavy atom. The summed E-state index contributed by atoms with van der Waals surface area (Å²) in [5.74, 6) is -0.722. The SMILES string of the molecule is CCCCn1c(O)c(C(=O)c2cccs2)c(C)c(C#N)c1=O. The van der Waals surface area contributed by atoms with Gasteiger partial charge < -0.3 is 5.11 Å². The lowest BCUT2D eigenvalue weighted by atomic mass is 10.0. The average molecular weight is 316 g/mol. The number of aromatic hydroxyl groups is 1. The van der Waals surface area contributed by atoms with Crippen molar-refractivity contribution in [1.29, 1.82) is 5.26 Å². The first-order valence-electron chi connectivity index (χ1n) is 6.97. The quantitative estimate of drug-likeness (QED) is 0.860. The van der Waals surface area contributed by atoms with Crippen molar-refractivity contribution < 1.29 is 9.90 Å². The van der Waals surface area contributed by atoms with Crippen molar-refractivity contribution in [2.75, 3.05) is 0 Å². The maximum atomic E-state index is 12.6. The molecule has 114 valence electrons. The van der Waals surface area contributed by atoms with Crippen LogP contribution in [0.15, 0.2) is 22.3 Å². The van der Waals surface area contributed by atoms with E-state index >= 15 is 0 Å². The smallest absolute Gasteiger partial charge is 0.271 e. The molecule has 0 unspecified atom stereocenters. The highest BCUT2D eigenvalue weighted by Gasteiger charge is 2.25. The Balaban J connectivity index is 2.71. The molecule has 0 saturated carbocycles. The fraction of sp³-hybridized carbons (Fsp3) is 0.312. The van der Waals surface area contributed by atoms with E-state index in [4.69, 9.17) is 0 Å². The summed E-state index contributed by atoms with van der Waals surface area (Å²) in [4.78, 5) is 25.3. The van der Waals surface area contributed by atoms with Crippen molar-refractivity contribution in [3.05, 3.63) is 49.4 Å². The number of hydrogen-bond donors (Lipinski definition) is 1. The van der Waals surface area contributed by atoms with Gasteiger partial charge in [-0.15, -0.1) is 11.3 Å². The van der Waals surface area contributed by atoms with Crippen molar-refractivity contribution in [2.45, 2.75) is 33.2 Å². The molecule has 0 spiro atoms. The van der Waals surface area contributed by atoms with Crippen molar-refractivity contribution >= 4 is 17.1 Å². The van der Waals surface area contributed by atoms with Gasteiger partial charge in [0.25, 0.3) is 5.56 Å². The molecular weight excluding hydrogens is 300 g/mol. The van der Waals surface area contributed by atoms with E-state index in [1.165, 1.54) is 18.3 Å². The molecule has 6 heteroatoms. The number of pyridine rings is 1. The number of aromatic nitrogens is 1. The minimum Gasteiger partial charge on any atom is -0.494 e. The summed E-state index contributed by atoms with van der Waals surface area (Å²) in [6.45, 7) is 3.75. The second kappa shape index (κ2) is 6.58. The number of rotatable bonds is 5. The van der Waals surface area contributed by atoms with Crippen LogP contribution in [0.25, 0.3) is 0 Å². The number of carbonyl (C=O) groups is 1. The molecule has 2 aromatic rings. The summed E-state index contributed by atoms with van der Waals surface area (Å²) >= 11 is 1.25. The zero-order chi connectivity index (χ0) is 16.3. The Morgan fingerprint density at radius 3 is 2.77 bits per heavy atom. The summed E-state index contributed by atoms with van der Waals surface area (Å²) in [6, 6.07) is 5.25. The highest BCUT2D eigenvalue weighted by atomic mass is 32.1. The second-order valence-corrected chi connectivity index (χ2v) is 5.87. The molecule has 0 fully saturated rings. The van der Waals surface area contributed by atoms with Crippen LogP contribution in [0.4, 0.5) is 0 Å². The van der Waals surface area contributed by atoms with Gasteiger partial charge in [0.15, 0.2) is 0 Å². The molecule has 0 atom stereocenters. The molecule has 1 N–H and O–H groups in total. The first-order chi connectivity index (χ1) is 10.5. The standard InChI is InChI=1S/C16H16N2O3S/c1-3-4-7-18-15(20)11(9-17)10(2)13(16(18)21)14(19)12-6-5-8-22-12/h5-6,8,21H,3-4,7H2,1-2H3. The molecular formula is C16H16N2O3S. The molecule has 0 amide bonds. The number of hydrogen-bond acceptors (Lipinski definition) is 5. The molecule has 22 heavy (non-hydrogen) atoms. The van der Waals surface area contributed by atoms with Gasteiger partial charge in [0.05, 0.1) is 10.4 Å². The summed E-state index contributed by atoms with van der Waals surface area (Å²) in [5, 5.41) is 21.4. The van der Waals surface area contributed by atoms with Gasteiger partial charge in [-0.1, -0.05) is 19.4 Å². The van der Waals surface area contributed by atoms with E-state index in [1.807, 2.05) is 13.0 Å². The number of unbranched alkanes of at least 4 members (excludes halogenated alkanes) is 1. The molecule has 0 radical (unpaired) electrons. The Labute approximate surface area is 132 Å². The third-order valence-corrected chi connectivity index (χ3v) is 4.38. The lowest BCUT2D eigenvalue weighted by molar-refractivity contribution is 0.103. The zero-order valence-corrected chi connectivity index (χ0v) is 13.2. The predicted octanol–water partition coefficient (Wildman–Crippen LogP) is 2.83. The van der Waals surface area contributed by atoms with Crippen LogP contribution in [-0.2, 0) is 6.54 Å². The normalized spacial score (nSPS) is 10.4. The van der Waals surface area contributed by atoms with Gasteiger partial charge in [0.2, 0.25) is 11.7 Å². The Bertz CT molecular complexity index is 798. The third kappa shape index (κ3) is 2.68. The van der Waals surface area contributed by atoms with Crippen LogP contribution in [0, 0.1) is 18.3 Å². The average Bonchev–Trinajstić information content (AvgIpc) is 3.01. The van der Waals surface area contributed by atoms with Crippen molar-refractivity contribution in [3.63, 3.8) is 0 Å². The molecule has 0 aliphatic carbocycles. The number of carbonyl (C=O) groups excluding carboxylic acids is 1. The topological polar surface area (TPSA) is 83.1 Å². The molecule has 0 saturated heterocycles. The van der Waals surface area contributed by atoms with Crippen LogP contribution < -0.4 is 5.56 Å². The third-order valence-electron chi connectivity index (χ3n) is 3.51. The molecule has 2 heterocycles. The van der Waals surface area contributed by atoms with E-state index < -0.39 is 5.56 Å². The molecule has 2 aromatic heterocycles. The number of nitrogens with zero attached hydrogens (tertiary/aromatic N) is 2. The van der Waals surface area contributed by atoms with E-state index in [1.54, 1.807) is 17.5 Å². The first kappa shape index (κ1) is 16.0. The van der Waals surface area contributed by atoms with Crippen molar-refractivity contribution in [2.24, 2.45) is 0 Å². The van der Waals surface area contributed by atoms with E-state index in [-0.39, 0.29) is 34.9 Å². The fourth-order valence-electron chi connectivity index (χ4n) is 2.28. The van der Waals surface area contributed by atoms with Crippen LogP contribution in [0.5, 0.6) is 5.88 Å². The van der Waals surface area contributed by atoms with E-state index in [9.17, 15) is 20.0 Å². The van der Waals surface area contributed by atoms with Crippen LogP contribution in [0.3, 0.4) is 0 Å². The summed E-state index contributed by atoms with van der Waals surface area (Å²) in [6.07, 6.45) is 1.50. The van der Waals surface area contributed by atoms with Gasteiger partial charge in [-0.05, 0) is 30.4 Å². The second-order valence-electron chi connectivity index (χ2n) is 4.93. The molecule has 0 aliphatic heterocycles. The zero-order valence-electron chi connectivity index (χ0n) is 12.4. The molecule has 0 aliphatic rings. The summed E-state index contributed by atoms with van der Waals surface area (Å²) < 4.78 is 1.12. The Kier molecular flexibility index (Phi) is 4.78. The van der Waals surface area contributed by atoms with E-state index in [2.05, 4.69) is 0 Å². The van der Waals surface area contributed by atoms with Gasteiger partial charge in [-0.2, -0.15) is 5.26 Å². The molecule has 5 nitrogen and oxygen atoms in total. The fourth-order valence-corrected chi connectivity index (χ4v) is 2.95. The van der Waals surface area contributed by atoms with E-state index in [0.717, 1.165) is 11.0 Å². The maximum absolute atomic E-state index is 12.6. The van der Waals surface area contributed by atoms with Crippen LogP contribution in [0.2, 0.25) is 0 Å². The molecule has 2 rings (SSSR count). The van der Waals surface area contributed by atoms with Gasteiger partial charge in [-0.3, -0.25) is 14.2 Å². The lowest BCUT2D eigenvalue weighted by Crippen LogP contribution is -2.26. The molecule has 0 bridgehead atoms. The highest BCUT2D eigenvalue weighted by molar-refractivity contribution is 7.12. The van der Waals surface area contributed by atoms with Crippen LogP contribution >= 0.6 is 11.3 Å². The number of nitriles is 1. The highest BCUT2D eigenvalue weighted by Crippen LogP contribution is 2.26. The summed E-state index contributed by atoms with van der Waals surface area (Å²) in [7, 11) is 0. The van der Waals surface area contributed by atoms with Gasteiger partial charge in [0.1, 0.15) is 11.6 Å². The number of thiophene rings is 1. The van der Waals surface area contributed by atoms with Crippen LogP contribution in [-0.4, -0.2) is 15.5 Å². The lowest BCUT2D eigenvalue weighted by Gasteiger charge is -2.14. The van der Waals surface area contributed by atoms with Gasteiger partial charge >= 0.3 is 0 Å². The Hall–Kier alpha value is -2.39. The number of ketones is 1. The first-order valence-corrected chi connectivity index (χ1v) is 7.85. The van der Waals surface area contributed by atoms with Crippen molar-refractivity contribution in [3.8, 4) is 11.9 Å².